The molecule has 0 bridgehead atoms. The number of hydrogen-bond donors (Lipinski definition) is 0. The zero-order valence-corrected chi connectivity index (χ0v) is 13.5. The number of carbonyl (C=O) groups excluding carboxylic acids is 1. The molecule has 0 aliphatic carbocycles. The highest BCUT2D eigenvalue weighted by Crippen LogP contribution is 2.11. The monoisotopic (exact) mass is 301 g/mol. The fourth-order valence-electron chi connectivity index (χ4n) is 1.98. The van der Waals surface area contributed by atoms with E-state index >= 15 is 0 Å². The molecule has 0 saturated heterocycles. The highest BCUT2D eigenvalue weighted by atomic mass is 16.5. The van der Waals surface area contributed by atoms with Crippen molar-refractivity contribution in [1.82, 2.24) is 4.57 Å². The predicted molar refractivity (Wildman–Crippen MR) is 92.6 cm³/mol. The lowest BCUT2D eigenvalue weighted by Crippen LogP contribution is -2.11. The number of esters is 1. The summed E-state index contributed by atoms with van der Waals surface area (Å²) in [6.07, 6.45) is 7.10. The Hall–Kier alpha value is -2.29. The van der Waals surface area contributed by atoms with Gasteiger partial charge < -0.3 is 9.30 Å². The van der Waals surface area contributed by atoms with Crippen LogP contribution in [-0.2, 0) is 11.8 Å². The molecule has 22 heavy (non-hydrogen) atoms. The van der Waals surface area contributed by atoms with Crippen LogP contribution in [0.15, 0.2) is 42.6 Å². The zero-order chi connectivity index (χ0) is 17.9. The van der Waals surface area contributed by atoms with E-state index in [1.54, 1.807) is 0 Å². The summed E-state index contributed by atoms with van der Waals surface area (Å²) in [5, 5.41) is 0. The van der Waals surface area contributed by atoms with Gasteiger partial charge in [0.2, 0.25) is 0 Å². The molecule has 3 nitrogen and oxygen atoms in total. The van der Waals surface area contributed by atoms with E-state index in [0.29, 0.717) is 18.1 Å². The highest BCUT2D eigenvalue weighted by Gasteiger charge is 2.08. The van der Waals surface area contributed by atoms with Crippen molar-refractivity contribution in [3.63, 3.8) is 0 Å². The molecule has 0 radical (unpaired) electrons. The zero-order valence-electron chi connectivity index (χ0n) is 15.5. The Morgan fingerprint density at radius 3 is 2.64 bits per heavy atom. The van der Waals surface area contributed by atoms with Crippen molar-refractivity contribution in [3.8, 4) is 0 Å². The summed E-state index contributed by atoms with van der Waals surface area (Å²) in [6, 6.07) is 11.5. The van der Waals surface area contributed by atoms with E-state index in [2.05, 4.69) is 30.6 Å². The van der Waals surface area contributed by atoms with Crippen molar-refractivity contribution in [2.45, 2.75) is 20.3 Å². The fourth-order valence-corrected chi connectivity index (χ4v) is 1.98. The van der Waals surface area contributed by atoms with Gasteiger partial charge in [-0.05, 0) is 41.8 Å². The van der Waals surface area contributed by atoms with Crippen LogP contribution in [0.1, 0.15) is 44.9 Å². The molecule has 0 saturated carbocycles. The minimum Gasteiger partial charge on any atom is -0.462 e. The number of hydrogen-bond acceptors (Lipinski definition) is 2. The first-order valence-corrected chi connectivity index (χ1v) is 7.66. The first-order valence-electron chi connectivity index (χ1n) is 8.66. The number of nitrogens with zero attached hydrogens (tertiary/aromatic N) is 1. The van der Waals surface area contributed by atoms with E-state index in [9.17, 15) is 4.79 Å². The summed E-state index contributed by atoms with van der Waals surface area (Å²) in [7, 11) is 2.01. The second kappa shape index (κ2) is 7.64. The Morgan fingerprint density at radius 1 is 1.32 bits per heavy atom. The molecule has 0 fully saturated rings. The molecule has 1 heterocycles. The van der Waals surface area contributed by atoms with Crippen LogP contribution in [0.25, 0.3) is 12.2 Å². The molecule has 1 aromatic carbocycles. The van der Waals surface area contributed by atoms with Gasteiger partial charge in [0.25, 0.3) is 0 Å². The molecular formula is C19H25NO2. The summed E-state index contributed by atoms with van der Waals surface area (Å²) >= 11 is 0. The first kappa shape index (κ1) is 14.6. The van der Waals surface area contributed by atoms with Crippen LogP contribution in [0, 0.1) is 5.92 Å². The Bertz CT molecular complexity index is 648. The average Bonchev–Trinajstić information content (AvgIpc) is 3.04. The molecule has 1 unspecified atom stereocenters. The topological polar surface area (TPSA) is 31.2 Å². The maximum atomic E-state index is 11.9. The van der Waals surface area contributed by atoms with Crippen LogP contribution in [-0.4, -0.2) is 17.1 Å². The largest absolute Gasteiger partial charge is 0.462 e. The molecule has 2 rings (SSSR count). The Labute approximate surface area is 135 Å². The Kier molecular flexibility index (Phi) is 5.09. The van der Waals surface area contributed by atoms with Gasteiger partial charge in [0, 0.05) is 21.9 Å². The second-order valence-corrected chi connectivity index (χ2v) is 5.61. The maximum absolute atomic E-state index is 11.9. The van der Waals surface area contributed by atoms with E-state index in [0.717, 1.165) is 17.7 Å². The van der Waals surface area contributed by atoms with Crippen LogP contribution in [0.5, 0.6) is 0 Å². The lowest BCUT2D eigenvalue weighted by Gasteiger charge is -2.09. The molecule has 118 valence electrons. The van der Waals surface area contributed by atoms with Crippen molar-refractivity contribution in [2.75, 3.05) is 6.61 Å². The van der Waals surface area contributed by atoms with E-state index in [1.165, 1.54) is 0 Å². The SMILES string of the molecule is CCC(C)COC(=O)c1ccc(/C=C/c2cccn2C)cc1.[2H][2H]. The highest BCUT2D eigenvalue weighted by molar-refractivity contribution is 5.89. The lowest BCUT2D eigenvalue weighted by atomic mass is 10.1. The fraction of sp³-hybridized carbons (Fsp3) is 0.316. The molecular weight excluding hydrogens is 274 g/mol. The van der Waals surface area contributed by atoms with Crippen molar-refractivity contribution in [2.24, 2.45) is 13.0 Å². The molecule has 0 amide bonds. The predicted octanol–water partition coefficient (Wildman–Crippen LogP) is 4.64. The van der Waals surface area contributed by atoms with Gasteiger partial charge in [0.1, 0.15) is 0 Å². The van der Waals surface area contributed by atoms with E-state index in [1.807, 2.05) is 49.7 Å². The lowest BCUT2D eigenvalue weighted by molar-refractivity contribution is 0.0447. The van der Waals surface area contributed by atoms with Crippen LogP contribution in [0.2, 0.25) is 0 Å². The van der Waals surface area contributed by atoms with E-state index in [-0.39, 0.29) is 5.97 Å². The van der Waals surface area contributed by atoms with Crippen LogP contribution < -0.4 is 0 Å². The Morgan fingerprint density at radius 2 is 2.05 bits per heavy atom. The second-order valence-electron chi connectivity index (χ2n) is 5.61. The molecule has 0 N–H and O–H groups in total. The van der Waals surface area contributed by atoms with E-state index < -0.39 is 0 Å². The number of rotatable bonds is 6. The third kappa shape index (κ3) is 4.35. The van der Waals surface area contributed by atoms with Crippen LogP contribution >= 0.6 is 0 Å². The van der Waals surface area contributed by atoms with Crippen molar-refractivity contribution >= 4 is 18.1 Å². The van der Waals surface area contributed by atoms with Gasteiger partial charge in [0.15, 0.2) is 0 Å². The summed E-state index contributed by atoms with van der Waals surface area (Å²) in [6.45, 7) is 4.64. The van der Waals surface area contributed by atoms with Crippen LogP contribution in [0.3, 0.4) is 0 Å². The van der Waals surface area contributed by atoms with Gasteiger partial charge in [-0.3, -0.25) is 0 Å². The molecule has 2 aromatic rings. The standard InChI is InChI=1S/C19H23NO2.H2/c1-4-15(2)14-22-19(21)17-10-7-16(8-11-17)9-12-18-6-5-13-20(18)3;/h5-13,15H,4,14H2,1-3H3;1H/b12-9+;/i;1+1D. The smallest absolute Gasteiger partial charge is 0.338 e. The summed E-state index contributed by atoms with van der Waals surface area (Å²) < 4.78 is 17.3. The third-order valence-electron chi connectivity index (χ3n) is 3.77. The summed E-state index contributed by atoms with van der Waals surface area (Å²) in [4.78, 5) is 11.9. The number of carbonyl (C=O) groups is 1. The van der Waals surface area contributed by atoms with Crippen LogP contribution in [0.4, 0.5) is 0 Å². The maximum Gasteiger partial charge on any atom is 0.338 e. The van der Waals surface area contributed by atoms with Gasteiger partial charge in [-0.1, -0.05) is 38.5 Å². The van der Waals surface area contributed by atoms with Crippen molar-refractivity contribution < 1.29 is 12.5 Å². The van der Waals surface area contributed by atoms with E-state index in [4.69, 9.17) is 7.71 Å². The first-order chi connectivity index (χ1) is 11.6. The molecule has 3 heteroatoms. The molecule has 0 aliphatic heterocycles. The van der Waals surface area contributed by atoms with Gasteiger partial charge in [-0.25, -0.2) is 4.79 Å². The number of benzene rings is 1. The third-order valence-corrected chi connectivity index (χ3v) is 3.77. The van der Waals surface area contributed by atoms with Gasteiger partial charge in [-0.15, -0.1) is 0 Å². The molecule has 0 spiro atoms. The number of aromatic nitrogens is 1. The van der Waals surface area contributed by atoms with Crippen molar-refractivity contribution in [1.29, 1.82) is 0 Å². The average molecular weight is 301 g/mol. The van der Waals surface area contributed by atoms with Gasteiger partial charge >= 0.3 is 5.97 Å². The summed E-state index contributed by atoms with van der Waals surface area (Å²) in [5.41, 5.74) is 2.79. The normalized spacial score (nSPS) is 12.9. The Balaban J connectivity index is 0.00000139. The minimum absolute atomic E-state index is 0.252. The molecule has 1 atom stereocenters. The van der Waals surface area contributed by atoms with Gasteiger partial charge in [0.05, 0.1) is 12.2 Å². The number of aryl methyl sites for hydroxylation is 1. The minimum atomic E-state index is -0.252. The summed E-state index contributed by atoms with van der Waals surface area (Å²) in [5.74, 6) is 0.148. The quantitative estimate of drug-likeness (QED) is 0.728. The van der Waals surface area contributed by atoms with Gasteiger partial charge in [-0.2, -0.15) is 0 Å². The molecule has 0 aliphatic rings. The van der Waals surface area contributed by atoms with Crippen molar-refractivity contribution in [3.05, 3.63) is 59.4 Å². The number of ether oxygens (including phenoxy) is 1. The molecule has 1 aromatic heterocycles.